The Morgan fingerprint density at radius 1 is 0.800 bits per heavy atom. The normalized spacial score (nSPS) is 17.3. The number of ketones is 1. The van der Waals surface area contributed by atoms with E-state index in [1.54, 1.807) is 46.4 Å². The zero-order valence-corrected chi connectivity index (χ0v) is 19.9. The molecular formula is C21H37NO8. The van der Waals surface area contributed by atoms with Crippen LogP contribution in [0, 0.1) is 0 Å². The lowest BCUT2D eigenvalue weighted by Gasteiger charge is -2.34. The number of rotatable bonds is 0. The van der Waals surface area contributed by atoms with Crippen molar-refractivity contribution in [2.75, 3.05) is 6.54 Å². The number of hydrogen-bond acceptors (Lipinski definition) is 8. The molecule has 1 fully saturated rings. The van der Waals surface area contributed by atoms with E-state index in [0.29, 0.717) is 19.4 Å². The second-order valence-electron chi connectivity index (χ2n) is 10.0. The zero-order chi connectivity index (χ0) is 23.9. The standard InChI is InChI=1S/C11H19NO3.C10H18O5/c1-8-7-9(13)5-6-12(8)10(14)15-11(2,3)4;1-9(2,3)14-7(11)13-8(12)15-10(4,5)6/h8H,5-7H2,1-4H3;1-6H3. The molecule has 9 nitrogen and oxygen atoms in total. The minimum atomic E-state index is -1.06. The average molecular weight is 432 g/mol. The summed E-state index contributed by atoms with van der Waals surface area (Å²) in [5, 5.41) is 0. The largest absolute Gasteiger partial charge is 0.519 e. The highest BCUT2D eigenvalue weighted by molar-refractivity contribution is 5.82. The summed E-state index contributed by atoms with van der Waals surface area (Å²) >= 11 is 0. The van der Waals surface area contributed by atoms with Gasteiger partial charge in [-0.2, -0.15) is 0 Å². The van der Waals surface area contributed by atoms with Crippen molar-refractivity contribution in [3.8, 4) is 0 Å². The van der Waals surface area contributed by atoms with Crippen molar-refractivity contribution < 1.29 is 38.1 Å². The van der Waals surface area contributed by atoms with Crippen LogP contribution < -0.4 is 0 Å². The Morgan fingerprint density at radius 3 is 1.53 bits per heavy atom. The number of carbonyl (C=O) groups excluding carboxylic acids is 4. The number of ether oxygens (including phenoxy) is 4. The minimum Gasteiger partial charge on any atom is -0.444 e. The predicted molar refractivity (Wildman–Crippen MR) is 110 cm³/mol. The number of amides is 1. The highest BCUT2D eigenvalue weighted by atomic mass is 16.8. The van der Waals surface area contributed by atoms with Gasteiger partial charge in [-0.3, -0.25) is 4.79 Å². The summed E-state index contributed by atoms with van der Waals surface area (Å²) in [6.45, 7) is 17.9. The molecule has 0 radical (unpaired) electrons. The average Bonchev–Trinajstić information content (AvgIpc) is 2.40. The summed E-state index contributed by atoms with van der Waals surface area (Å²) in [6, 6.07) is -0.0406. The fourth-order valence-electron chi connectivity index (χ4n) is 2.21. The van der Waals surface area contributed by atoms with Crippen LogP contribution in [0.5, 0.6) is 0 Å². The van der Waals surface area contributed by atoms with E-state index in [9.17, 15) is 19.2 Å². The van der Waals surface area contributed by atoms with Crippen LogP contribution in [0.2, 0.25) is 0 Å². The van der Waals surface area contributed by atoms with E-state index < -0.39 is 29.1 Å². The van der Waals surface area contributed by atoms with Gasteiger partial charge in [-0.15, -0.1) is 0 Å². The molecule has 0 aromatic rings. The van der Waals surface area contributed by atoms with Crippen LogP contribution in [0.4, 0.5) is 14.4 Å². The third kappa shape index (κ3) is 13.8. The van der Waals surface area contributed by atoms with E-state index in [2.05, 4.69) is 4.74 Å². The quantitative estimate of drug-likeness (QED) is 0.304. The van der Waals surface area contributed by atoms with E-state index in [1.807, 2.05) is 27.7 Å². The molecule has 1 aliphatic rings. The molecule has 1 heterocycles. The summed E-state index contributed by atoms with van der Waals surface area (Å²) in [4.78, 5) is 46.5. The lowest BCUT2D eigenvalue weighted by Crippen LogP contribution is -2.46. The molecule has 1 amide bonds. The molecule has 1 unspecified atom stereocenters. The van der Waals surface area contributed by atoms with Gasteiger partial charge in [-0.05, 0) is 69.2 Å². The van der Waals surface area contributed by atoms with Gasteiger partial charge in [0.2, 0.25) is 0 Å². The van der Waals surface area contributed by atoms with Crippen LogP contribution in [-0.2, 0) is 23.7 Å². The topological polar surface area (TPSA) is 108 Å². The van der Waals surface area contributed by atoms with Crippen molar-refractivity contribution in [1.29, 1.82) is 0 Å². The van der Waals surface area contributed by atoms with Crippen LogP contribution in [0.15, 0.2) is 0 Å². The van der Waals surface area contributed by atoms with Crippen LogP contribution >= 0.6 is 0 Å². The first-order chi connectivity index (χ1) is 13.3. The lowest BCUT2D eigenvalue weighted by molar-refractivity contribution is -0.122. The summed E-state index contributed by atoms with van der Waals surface area (Å²) < 4.78 is 19.1. The molecule has 0 aromatic carbocycles. The maximum Gasteiger partial charge on any atom is 0.519 e. The molecule has 0 bridgehead atoms. The molecular weight excluding hydrogens is 394 g/mol. The fraction of sp³-hybridized carbons (Fsp3) is 0.810. The van der Waals surface area contributed by atoms with Crippen LogP contribution in [0.25, 0.3) is 0 Å². The van der Waals surface area contributed by atoms with Gasteiger partial charge in [0.05, 0.1) is 0 Å². The third-order valence-electron chi connectivity index (χ3n) is 3.26. The van der Waals surface area contributed by atoms with Gasteiger partial charge < -0.3 is 23.8 Å². The molecule has 0 aliphatic carbocycles. The van der Waals surface area contributed by atoms with E-state index in [0.717, 1.165) is 0 Å². The molecule has 9 heteroatoms. The summed E-state index contributed by atoms with van der Waals surface area (Å²) in [5.74, 6) is 0.224. The highest BCUT2D eigenvalue weighted by Gasteiger charge is 2.30. The third-order valence-corrected chi connectivity index (χ3v) is 3.26. The number of hydrogen-bond donors (Lipinski definition) is 0. The Kier molecular flexibility index (Phi) is 9.81. The van der Waals surface area contributed by atoms with Crippen molar-refractivity contribution in [2.45, 2.75) is 105 Å². The molecule has 0 saturated carbocycles. The number of carbonyl (C=O) groups is 4. The van der Waals surface area contributed by atoms with Crippen molar-refractivity contribution in [3.63, 3.8) is 0 Å². The zero-order valence-electron chi connectivity index (χ0n) is 19.9. The maximum absolute atomic E-state index is 11.7. The molecule has 0 N–H and O–H groups in total. The van der Waals surface area contributed by atoms with Gasteiger partial charge in [0, 0.05) is 25.4 Å². The van der Waals surface area contributed by atoms with Gasteiger partial charge in [-0.1, -0.05) is 0 Å². The van der Waals surface area contributed by atoms with Gasteiger partial charge in [0.1, 0.15) is 22.6 Å². The number of likely N-dealkylation sites (tertiary alicyclic amines) is 1. The molecule has 0 spiro atoms. The first-order valence-corrected chi connectivity index (χ1v) is 9.94. The van der Waals surface area contributed by atoms with Gasteiger partial charge in [0.25, 0.3) is 0 Å². The molecule has 0 aromatic heterocycles. The summed E-state index contributed by atoms with van der Waals surface area (Å²) in [5.41, 5.74) is -1.86. The number of piperidine rings is 1. The van der Waals surface area contributed by atoms with E-state index >= 15 is 0 Å². The van der Waals surface area contributed by atoms with Gasteiger partial charge in [-0.25, -0.2) is 14.4 Å². The Hall–Kier alpha value is -2.32. The van der Waals surface area contributed by atoms with Crippen molar-refractivity contribution >= 4 is 24.2 Å². The number of nitrogens with zero attached hydrogens (tertiary/aromatic N) is 1. The second kappa shape index (κ2) is 10.6. The van der Waals surface area contributed by atoms with Crippen molar-refractivity contribution in [2.24, 2.45) is 0 Å². The second-order valence-corrected chi connectivity index (χ2v) is 10.0. The Bertz CT molecular complexity index is 596. The summed E-state index contributed by atoms with van der Waals surface area (Å²) in [6.07, 6.45) is -1.54. The van der Waals surface area contributed by atoms with Crippen LogP contribution in [0.3, 0.4) is 0 Å². The Morgan fingerprint density at radius 2 is 1.20 bits per heavy atom. The van der Waals surface area contributed by atoms with E-state index in [-0.39, 0.29) is 17.9 Å². The lowest BCUT2D eigenvalue weighted by atomic mass is 10.0. The minimum absolute atomic E-state index is 0.0406. The monoisotopic (exact) mass is 431 g/mol. The fourth-order valence-corrected chi connectivity index (χ4v) is 2.21. The molecule has 1 atom stereocenters. The molecule has 30 heavy (non-hydrogen) atoms. The van der Waals surface area contributed by atoms with Gasteiger partial charge >= 0.3 is 18.4 Å². The molecule has 1 rings (SSSR count). The SMILES string of the molecule is CC(C)(C)OC(=O)OC(=O)OC(C)(C)C.CC1CC(=O)CCN1C(=O)OC(C)(C)C. The van der Waals surface area contributed by atoms with E-state index in [4.69, 9.17) is 14.2 Å². The molecule has 1 saturated heterocycles. The predicted octanol–water partition coefficient (Wildman–Crippen LogP) is 4.85. The van der Waals surface area contributed by atoms with Crippen molar-refractivity contribution in [1.82, 2.24) is 4.90 Å². The maximum atomic E-state index is 11.7. The summed E-state index contributed by atoms with van der Waals surface area (Å²) in [7, 11) is 0. The first-order valence-electron chi connectivity index (χ1n) is 9.94. The van der Waals surface area contributed by atoms with Gasteiger partial charge in [0.15, 0.2) is 0 Å². The highest BCUT2D eigenvalue weighted by Crippen LogP contribution is 2.18. The Labute approximate surface area is 179 Å². The smallest absolute Gasteiger partial charge is 0.444 e. The number of Topliss-reactive ketones (excluding diaryl/α,β-unsaturated/α-hetero) is 1. The van der Waals surface area contributed by atoms with Crippen LogP contribution in [0.1, 0.15) is 82.1 Å². The molecule has 1 aliphatic heterocycles. The van der Waals surface area contributed by atoms with Crippen LogP contribution in [-0.4, -0.2) is 58.5 Å². The Balaban J connectivity index is 0.000000561. The van der Waals surface area contributed by atoms with Crippen molar-refractivity contribution in [3.05, 3.63) is 0 Å². The first kappa shape index (κ1) is 27.7. The van der Waals surface area contributed by atoms with E-state index in [1.165, 1.54) is 0 Å². The molecule has 174 valence electrons.